The molecule has 2 N–H and O–H groups in total. The van der Waals surface area contributed by atoms with Crippen molar-refractivity contribution < 1.29 is 9.84 Å². The molecule has 21 heavy (non-hydrogen) atoms. The highest BCUT2D eigenvalue weighted by Gasteiger charge is 2.07. The van der Waals surface area contributed by atoms with Gasteiger partial charge in [0.05, 0.1) is 5.02 Å². The Morgan fingerprint density at radius 1 is 1.29 bits per heavy atom. The maximum atomic E-state index is 9.96. The predicted octanol–water partition coefficient (Wildman–Crippen LogP) is 4.26. The lowest BCUT2D eigenvalue weighted by Crippen LogP contribution is -2.26. The van der Waals surface area contributed by atoms with Crippen LogP contribution in [0.4, 0.5) is 5.69 Å². The average molecular weight is 371 g/mol. The van der Waals surface area contributed by atoms with E-state index in [4.69, 9.17) is 16.3 Å². The van der Waals surface area contributed by atoms with Crippen LogP contribution < -0.4 is 10.1 Å². The van der Waals surface area contributed by atoms with E-state index in [0.29, 0.717) is 11.6 Å². The molecule has 0 fully saturated rings. The van der Waals surface area contributed by atoms with Gasteiger partial charge in [-0.2, -0.15) is 0 Å². The van der Waals surface area contributed by atoms with Crippen molar-refractivity contribution in [2.75, 3.05) is 18.5 Å². The highest BCUT2D eigenvalue weighted by molar-refractivity contribution is 9.10. The number of benzene rings is 2. The summed E-state index contributed by atoms with van der Waals surface area (Å²) in [6, 6.07) is 13.3. The molecule has 0 heterocycles. The third-order valence-corrected chi connectivity index (χ3v) is 4.22. The molecule has 0 saturated heterocycles. The van der Waals surface area contributed by atoms with Crippen molar-refractivity contribution in [3.8, 4) is 5.75 Å². The highest BCUT2D eigenvalue weighted by atomic mass is 79.9. The van der Waals surface area contributed by atoms with Gasteiger partial charge in [-0.25, -0.2) is 0 Å². The van der Waals surface area contributed by atoms with E-state index < -0.39 is 6.10 Å². The fourth-order valence-electron chi connectivity index (χ4n) is 1.81. The van der Waals surface area contributed by atoms with E-state index in [0.717, 1.165) is 21.5 Å². The summed E-state index contributed by atoms with van der Waals surface area (Å²) in [5.41, 5.74) is 1.91. The summed E-state index contributed by atoms with van der Waals surface area (Å²) in [6.45, 7) is 2.61. The zero-order valence-electron chi connectivity index (χ0n) is 11.6. The topological polar surface area (TPSA) is 41.5 Å². The second-order valence-corrected chi connectivity index (χ2v) is 6.00. The zero-order chi connectivity index (χ0) is 15.2. The van der Waals surface area contributed by atoms with Gasteiger partial charge in [-0.15, -0.1) is 0 Å². The molecule has 5 heteroatoms. The van der Waals surface area contributed by atoms with Crippen LogP contribution in [0, 0.1) is 6.92 Å². The van der Waals surface area contributed by atoms with Crippen LogP contribution in [0.1, 0.15) is 5.56 Å². The number of nitrogens with one attached hydrogen (secondary N) is 1. The number of hydrogen-bond acceptors (Lipinski definition) is 3. The third kappa shape index (κ3) is 4.92. The van der Waals surface area contributed by atoms with E-state index in [2.05, 4.69) is 21.2 Å². The Balaban J connectivity index is 1.81. The predicted molar refractivity (Wildman–Crippen MR) is 90.3 cm³/mol. The van der Waals surface area contributed by atoms with Crippen molar-refractivity contribution in [3.63, 3.8) is 0 Å². The first-order valence-electron chi connectivity index (χ1n) is 6.61. The van der Waals surface area contributed by atoms with Gasteiger partial charge in [-0.05, 0) is 52.7 Å². The van der Waals surface area contributed by atoms with Crippen LogP contribution in [0.2, 0.25) is 5.02 Å². The van der Waals surface area contributed by atoms with Crippen LogP contribution in [0.5, 0.6) is 5.75 Å². The van der Waals surface area contributed by atoms with Gasteiger partial charge < -0.3 is 15.2 Å². The van der Waals surface area contributed by atoms with Crippen molar-refractivity contribution in [1.82, 2.24) is 0 Å². The molecule has 2 aromatic rings. The number of halogens is 2. The Morgan fingerprint density at radius 3 is 2.76 bits per heavy atom. The molecule has 2 rings (SSSR count). The number of hydrogen-bond donors (Lipinski definition) is 2. The van der Waals surface area contributed by atoms with Crippen molar-refractivity contribution in [3.05, 3.63) is 57.5 Å². The average Bonchev–Trinajstić information content (AvgIpc) is 2.47. The Morgan fingerprint density at radius 2 is 2.05 bits per heavy atom. The lowest BCUT2D eigenvalue weighted by molar-refractivity contribution is 0.117. The molecule has 0 radical (unpaired) electrons. The van der Waals surface area contributed by atoms with Crippen LogP contribution in [-0.4, -0.2) is 24.4 Å². The first kappa shape index (κ1) is 16.1. The molecule has 0 spiro atoms. The van der Waals surface area contributed by atoms with Crippen molar-refractivity contribution in [2.24, 2.45) is 0 Å². The minimum atomic E-state index is -0.605. The van der Waals surface area contributed by atoms with E-state index in [1.807, 2.05) is 43.3 Å². The highest BCUT2D eigenvalue weighted by Crippen LogP contribution is 2.25. The quantitative estimate of drug-likeness (QED) is 0.798. The van der Waals surface area contributed by atoms with Crippen molar-refractivity contribution in [2.45, 2.75) is 13.0 Å². The fraction of sp³-hybridized carbons (Fsp3) is 0.250. The normalized spacial score (nSPS) is 12.0. The summed E-state index contributed by atoms with van der Waals surface area (Å²) in [4.78, 5) is 0. The number of aryl methyl sites for hydroxylation is 1. The number of ether oxygens (including phenoxy) is 1. The molecule has 112 valence electrons. The van der Waals surface area contributed by atoms with Gasteiger partial charge in [0.25, 0.3) is 0 Å². The number of aliphatic hydroxyl groups is 1. The maximum Gasteiger partial charge on any atom is 0.122 e. The number of anilines is 1. The summed E-state index contributed by atoms with van der Waals surface area (Å²) in [7, 11) is 0. The smallest absolute Gasteiger partial charge is 0.122 e. The van der Waals surface area contributed by atoms with Gasteiger partial charge >= 0.3 is 0 Å². The lowest BCUT2D eigenvalue weighted by atomic mass is 10.2. The van der Waals surface area contributed by atoms with Gasteiger partial charge in [0.15, 0.2) is 0 Å². The van der Waals surface area contributed by atoms with E-state index >= 15 is 0 Å². The SMILES string of the molecule is Cc1ccccc1OCC(O)CNc1ccc(Br)c(Cl)c1. The molecule has 0 aliphatic rings. The minimum absolute atomic E-state index is 0.238. The van der Waals surface area contributed by atoms with E-state index in [1.54, 1.807) is 6.07 Å². The van der Waals surface area contributed by atoms with Gasteiger partial charge in [-0.1, -0.05) is 29.8 Å². The molecular formula is C16H17BrClNO2. The Hall–Kier alpha value is -1.23. The standard InChI is InChI=1S/C16H17BrClNO2/c1-11-4-2-3-5-16(11)21-10-13(20)9-19-12-6-7-14(17)15(18)8-12/h2-8,13,19-20H,9-10H2,1H3. The van der Waals surface area contributed by atoms with Crippen molar-refractivity contribution in [1.29, 1.82) is 0 Å². The van der Waals surface area contributed by atoms with E-state index in [9.17, 15) is 5.11 Å². The van der Waals surface area contributed by atoms with Crippen LogP contribution in [0.3, 0.4) is 0 Å². The summed E-state index contributed by atoms with van der Waals surface area (Å²) in [6.07, 6.45) is -0.605. The number of para-hydroxylation sites is 1. The first-order valence-corrected chi connectivity index (χ1v) is 7.79. The minimum Gasteiger partial charge on any atom is -0.491 e. The molecule has 1 unspecified atom stereocenters. The van der Waals surface area contributed by atoms with Gasteiger partial charge in [0.2, 0.25) is 0 Å². The van der Waals surface area contributed by atoms with Crippen LogP contribution in [-0.2, 0) is 0 Å². The molecule has 0 aromatic heterocycles. The number of rotatable bonds is 6. The van der Waals surface area contributed by atoms with Crippen LogP contribution in [0.15, 0.2) is 46.9 Å². The van der Waals surface area contributed by atoms with Crippen LogP contribution >= 0.6 is 27.5 Å². The lowest BCUT2D eigenvalue weighted by Gasteiger charge is -2.15. The zero-order valence-corrected chi connectivity index (χ0v) is 14.0. The molecule has 0 saturated carbocycles. The molecular weight excluding hydrogens is 354 g/mol. The number of aliphatic hydroxyl groups excluding tert-OH is 1. The van der Waals surface area contributed by atoms with Gasteiger partial charge in [0.1, 0.15) is 18.5 Å². The molecule has 0 aliphatic heterocycles. The molecule has 0 bridgehead atoms. The summed E-state index contributed by atoms with van der Waals surface area (Å²) in [5, 5.41) is 13.7. The van der Waals surface area contributed by atoms with Gasteiger partial charge in [-0.3, -0.25) is 0 Å². The summed E-state index contributed by atoms with van der Waals surface area (Å²) in [5.74, 6) is 0.795. The van der Waals surface area contributed by atoms with E-state index in [1.165, 1.54) is 0 Å². The Bertz CT molecular complexity index is 607. The molecule has 0 aliphatic carbocycles. The van der Waals surface area contributed by atoms with E-state index in [-0.39, 0.29) is 6.61 Å². The summed E-state index contributed by atoms with van der Waals surface area (Å²) < 4.78 is 6.45. The molecule has 2 aromatic carbocycles. The fourth-order valence-corrected chi connectivity index (χ4v) is 2.23. The summed E-state index contributed by atoms with van der Waals surface area (Å²) >= 11 is 9.35. The van der Waals surface area contributed by atoms with Crippen molar-refractivity contribution >= 4 is 33.2 Å². The molecule has 1 atom stereocenters. The first-order chi connectivity index (χ1) is 10.1. The third-order valence-electron chi connectivity index (χ3n) is 2.99. The van der Waals surface area contributed by atoms with Crippen LogP contribution in [0.25, 0.3) is 0 Å². The Labute approximate surface area is 138 Å². The monoisotopic (exact) mass is 369 g/mol. The second kappa shape index (κ2) is 7.69. The second-order valence-electron chi connectivity index (χ2n) is 4.74. The molecule has 3 nitrogen and oxygen atoms in total. The largest absolute Gasteiger partial charge is 0.491 e. The molecule has 0 amide bonds. The Kier molecular flexibility index (Phi) is 5.91. The maximum absolute atomic E-state index is 9.96. The van der Waals surface area contributed by atoms with Gasteiger partial charge in [0, 0.05) is 16.7 Å².